The van der Waals surface area contributed by atoms with E-state index in [1.807, 2.05) is 25.1 Å². The highest BCUT2D eigenvalue weighted by atomic mass is 16.1. The molecule has 0 heterocycles. The molecular formula is C16H25N3O. The number of carbonyl (C=O) groups is 1. The van der Waals surface area contributed by atoms with E-state index >= 15 is 0 Å². The van der Waals surface area contributed by atoms with E-state index in [1.165, 1.54) is 25.7 Å². The Morgan fingerprint density at radius 2 is 2.00 bits per heavy atom. The molecule has 1 aliphatic carbocycles. The van der Waals surface area contributed by atoms with E-state index < -0.39 is 0 Å². The first-order chi connectivity index (χ1) is 9.61. The van der Waals surface area contributed by atoms with Crippen molar-refractivity contribution in [3.63, 3.8) is 0 Å². The number of aryl methyl sites for hydroxylation is 1. The highest BCUT2D eigenvalue weighted by Gasteiger charge is 2.22. The van der Waals surface area contributed by atoms with Gasteiger partial charge in [-0.1, -0.05) is 26.2 Å². The van der Waals surface area contributed by atoms with Crippen molar-refractivity contribution in [3.05, 3.63) is 29.3 Å². The van der Waals surface area contributed by atoms with Crippen LogP contribution in [0.3, 0.4) is 0 Å². The first-order valence-electron chi connectivity index (χ1n) is 7.50. The van der Waals surface area contributed by atoms with Crippen molar-refractivity contribution in [3.8, 4) is 0 Å². The van der Waals surface area contributed by atoms with E-state index in [-0.39, 0.29) is 5.91 Å². The number of hydrogen-bond donors (Lipinski definition) is 3. The molecule has 1 saturated carbocycles. The average Bonchev–Trinajstić information content (AvgIpc) is 2.64. The highest BCUT2D eigenvalue weighted by molar-refractivity contribution is 5.95. The summed E-state index contributed by atoms with van der Waals surface area (Å²) in [5, 5.41) is 3.20. The van der Waals surface area contributed by atoms with Crippen molar-refractivity contribution in [2.45, 2.75) is 52.0 Å². The summed E-state index contributed by atoms with van der Waals surface area (Å²) in [5.41, 5.74) is 5.16. The normalized spacial score (nSPS) is 22.9. The van der Waals surface area contributed by atoms with E-state index in [4.69, 9.17) is 5.84 Å². The van der Waals surface area contributed by atoms with Crippen LogP contribution in [0.25, 0.3) is 0 Å². The monoisotopic (exact) mass is 275 g/mol. The summed E-state index contributed by atoms with van der Waals surface area (Å²) in [6, 6.07) is 5.85. The summed E-state index contributed by atoms with van der Waals surface area (Å²) in [7, 11) is 0. The second kappa shape index (κ2) is 6.75. The van der Waals surface area contributed by atoms with Gasteiger partial charge in [-0.05, 0) is 49.4 Å². The second-order valence-electron chi connectivity index (χ2n) is 5.87. The molecule has 1 aromatic rings. The van der Waals surface area contributed by atoms with E-state index in [2.05, 4.69) is 17.7 Å². The number of amides is 1. The van der Waals surface area contributed by atoms with Gasteiger partial charge in [-0.2, -0.15) is 0 Å². The highest BCUT2D eigenvalue weighted by Crippen LogP contribution is 2.23. The Balaban J connectivity index is 2.05. The number of hydrogen-bond acceptors (Lipinski definition) is 3. The molecule has 1 aliphatic rings. The van der Waals surface area contributed by atoms with Crippen LogP contribution in [0, 0.1) is 12.8 Å². The Labute approximate surface area is 121 Å². The van der Waals surface area contributed by atoms with E-state index in [0.717, 1.165) is 17.7 Å². The minimum absolute atomic E-state index is 0.0235. The van der Waals surface area contributed by atoms with Crippen molar-refractivity contribution in [2.75, 3.05) is 5.43 Å². The Bertz CT molecular complexity index is 473. The standard InChI is InChI=1S/C16H25N3O/c1-11-6-4-3-5-7-14(11)18-16(20)13-8-9-15(19-17)12(2)10-13/h8-11,14,19H,3-7,17H2,1-2H3,(H,18,20). The third-order valence-electron chi connectivity index (χ3n) is 4.32. The zero-order valence-corrected chi connectivity index (χ0v) is 12.4. The number of anilines is 1. The van der Waals surface area contributed by atoms with Gasteiger partial charge in [-0.15, -0.1) is 0 Å². The van der Waals surface area contributed by atoms with Gasteiger partial charge in [0, 0.05) is 11.6 Å². The van der Waals surface area contributed by atoms with Crippen LogP contribution >= 0.6 is 0 Å². The Kier molecular flexibility index (Phi) is 5.01. The summed E-state index contributed by atoms with van der Waals surface area (Å²) < 4.78 is 0. The van der Waals surface area contributed by atoms with Crippen LogP contribution in [0.15, 0.2) is 18.2 Å². The molecule has 1 fully saturated rings. The zero-order chi connectivity index (χ0) is 14.5. The van der Waals surface area contributed by atoms with Gasteiger partial charge in [0.25, 0.3) is 5.91 Å². The molecule has 0 spiro atoms. The van der Waals surface area contributed by atoms with Gasteiger partial charge in [0.05, 0.1) is 5.69 Å². The molecule has 20 heavy (non-hydrogen) atoms. The Morgan fingerprint density at radius 3 is 2.70 bits per heavy atom. The lowest BCUT2D eigenvalue weighted by molar-refractivity contribution is 0.0921. The molecule has 2 atom stereocenters. The predicted octanol–water partition coefficient (Wildman–Crippen LogP) is 2.98. The summed E-state index contributed by atoms with van der Waals surface area (Å²) in [6.45, 7) is 4.18. The first-order valence-corrected chi connectivity index (χ1v) is 7.50. The summed E-state index contributed by atoms with van der Waals surface area (Å²) in [4.78, 5) is 12.4. The fourth-order valence-corrected chi connectivity index (χ4v) is 2.93. The van der Waals surface area contributed by atoms with Gasteiger partial charge in [0.1, 0.15) is 0 Å². The molecule has 4 nitrogen and oxygen atoms in total. The third kappa shape index (κ3) is 3.51. The van der Waals surface area contributed by atoms with Crippen molar-refractivity contribution in [1.82, 2.24) is 5.32 Å². The molecule has 0 saturated heterocycles. The van der Waals surface area contributed by atoms with Crippen LogP contribution < -0.4 is 16.6 Å². The average molecular weight is 275 g/mol. The van der Waals surface area contributed by atoms with Crippen LogP contribution in [-0.2, 0) is 0 Å². The maximum absolute atomic E-state index is 12.4. The van der Waals surface area contributed by atoms with Gasteiger partial charge < -0.3 is 10.7 Å². The quantitative estimate of drug-likeness (QED) is 0.451. The van der Waals surface area contributed by atoms with Crippen molar-refractivity contribution in [1.29, 1.82) is 0 Å². The van der Waals surface area contributed by atoms with Gasteiger partial charge in [0.15, 0.2) is 0 Å². The third-order valence-corrected chi connectivity index (χ3v) is 4.32. The number of benzene rings is 1. The lowest BCUT2D eigenvalue weighted by Crippen LogP contribution is -2.38. The van der Waals surface area contributed by atoms with Gasteiger partial charge >= 0.3 is 0 Å². The zero-order valence-electron chi connectivity index (χ0n) is 12.4. The van der Waals surface area contributed by atoms with Gasteiger partial charge in [0.2, 0.25) is 0 Å². The lowest BCUT2D eigenvalue weighted by Gasteiger charge is -2.23. The summed E-state index contributed by atoms with van der Waals surface area (Å²) >= 11 is 0. The molecule has 110 valence electrons. The molecule has 4 N–H and O–H groups in total. The molecular weight excluding hydrogens is 250 g/mol. The second-order valence-corrected chi connectivity index (χ2v) is 5.87. The van der Waals surface area contributed by atoms with Crippen molar-refractivity contribution >= 4 is 11.6 Å². The van der Waals surface area contributed by atoms with E-state index in [0.29, 0.717) is 17.5 Å². The van der Waals surface area contributed by atoms with E-state index in [1.54, 1.807) is 0 Å². The van der Waals surface area contributed by atoms with Gasteiger partial charge in [-0.3, -0.25) is 10.6 Å². The van der Waals surface area contributed by atoms with Crippen molar-refractivity contribution in [2.24, 2.45) is 11.8 Å². The number of carbonyl (C=O) groups excluding carboxylic acids is 1. The van der Waals surface area contributed by atoms with Gasteiger partial charge in [-0.25, -0.2) is 0 Å². The molecule has 4 heteroatoms. The summed E-state index contributed by atoms with van der Waals surface area (Å²) in [5.74, 6) is 6.00. The Hall–Kier alpha value is -1.55. The predicted molar refractivity (Wildman–Crippen MR) is 82.5 cm³/mol. The first kappa shape index (κ1) is 14.9. The maximum atomic E-state index is 12.4. The molecule has 0 bridgehead atoms. The molecule has 2 rings (SSSR count). The van der Waals surface area contributed by atoms with Crippen molar-refractivity contribution < 1.29 is 4.79 Å². The van der Waals surface area contributed by atoms with Crippen LogP contribution in [0.5, 0.6) is 0 Å². The minimum atomic E-state index is 0.0235. The van der Waals surface area contributed by atoms with Crippen LogP contribution in [0.1, 0.15) is 54.9 Å². The number of nitrogens with one attached hydrogen (secondary N) is 2. The minimum Gasteiger partial charge on any atom is -0.349 e. The molecule has 1 aromatic carbocycles. The van der Waals surface area contributed by atoms with E-state index in [9.17, 15) is 4.79 Å². The number of nitrogens with two attached hydrogens (primary N) is 1. The van der Waals surface area contributed by atoms with Crippen LogP contribution in [-0.4, -0.2) is 11.9 Å². The SMILES string of the molecule is Cc1cc(C(=O)NC2CCCCCC2C)ccc1NN. The molecule has 1 amide bonds. The largest absolute Gasteiger partial charge is 0.349 e. The molecule has 0 radical (unpaired) electrons. The molecule has 2 unspecified atom stereocenters. The number of rotatable bonds is 3. The van der Waals surface area contributed by atoms with Crippen LogP contribution in [0.4, 0.5) is 5.69 Å². The number of hydrazine groups is 1. The smallest absolute Gasteiger partial charge is 0.251 e. The fourth-order valence-electron chi connectivity index (χ4n) is 2.93. The summed E-state index contributed by atoms with van der Waals surface area (Å²) in [6.07, 6.45) is 6.08. The molecule has 0 aromatic heterocycles. The topological polar surface area (TPSA) is 67.2 Å². The molecule has 0 aliphatic heterocycles. The number of nitrogen functional groups attached to an aromatic ring is 1. The van der Waals surface area contributed by atoms with Crippen LogP contribution in [0.2, 0.25) is 0 Å². The lowest BCUT2D eigenvalue weighted by atomic mass is 9.96. The maximum Gasteiger partial charge on any atom is 0.251 e. The fraction of sp³-hybridized carbons (Fsp3) is 0.562. The Morgan fingerprint density at radius 1 is 1.25 bits per heavy atom.